The van der Waals surface area contributed by atoms with Crippen LogP contribution in [0, 0.1) is 22.5 Å². The van der Waals surface area contributed by atoms with Gasteiger partial charge in [0.25, 0.3) is 11.6 Å². The van der Waals surface area contributed by atoms with Crippen molar-refractivity contribution in [3.63, 3.8) is 0 Å². The summed E-state index contributed by atoms with van der Waals surface area (Å²) in [6.07, 6.45) is 7.46. The van der Waals surface area contributed by atoms with Crippen molar-refractivity contribution in [2.45, 2.75) is 25.4 Å². The molecule has 9 nitrogen and oxygen atoms in total. The van der Waals surface area contributed by atoms with Crippen LogP contribution in [0.4, 0.5) is 5.69 Å². The fraction of sp³-hybridized carbons (Fsp3) is 0.375. The molecule has 2 aromatic rings. The Balaban J connectivity index is 2.09. The molecule has 1 aliphatic rings. The van der Waals surface area contributed by atoms with Gasteiger partial charge in [0.1, 0.15) is 6.04 Å². The van der Waals surface area contributed by atoms with E-state index in [2.05, 4.69) is 10.9 Å². The Morgan fingerprint density at radius 2 is 2.26 bits per heavy atom. The molecule has 1 atom stereocenters. The second-order valence-corrected chi connectivity index (χ2v) is 9.01. The van der Waals surface area contributed by atoms with E-state index >= 15 is 0 Å². The molecular weight excluding hydrogens is 392 g/mol. The first-order valence-electron chi connectivity index (χ1n) is 7.99. The highest BCUT2D eigenvalue weighted by Gasteiger charge is 2.36. The summed E-state index contributed by atoms with van der Waals surface area (Å²) in [6.45, 7) is 0.415. The van der Waals surface area contributed by atoms with E-state index in [1.165, 1.54) is 12.1 Å². The molecule has 11 heteroatoms. The zero-order chi connectivity index (χ0) is 19.8. The van der Waals surface area contributed by atoms with Gasteiger partial charge in [-0.2, -0.15) is 9.30 Å². The van der Waals surface area contributed by atoms with Crippen LogP contribution in [-0.2, 0) is 21.4 Å². The van der Waals surface area contributed by atoms with Crippen molar-refractivity contribution in [3.05, 3.63) is 33.1 Å². The van der Waals surface area contributed by atoms with E-state index in [0.29, 0.717) is 23.1 Å². The average Bonchev–Trinajstić information content (AvgIpc) is 3.20. The first-order chi connectivity index (χ1) is 12.7. The van der Waals surface area contributed by atoms with Crippen LogP contribution in [-0.4, -0.2) is 47.0 Å². The van der Waals surface area contributed by atoms with Crippen molar-refractivity contribution < 1.29 is 18.1 Å². The van der Waals surface area contributed by atoms with Crippen LogP contribution in [0.25, 0.3) is 10.2 Å². The third kappa shape index (κ3) is 3.78. The van der Waals surface area contributed by atoms with Gasteiger partial charge in [0.2, 0.25) is 10.0 Å². The SMILES string of the molecule is C#CCn1c(=NC(=O)C2CCCN2S(C)(=O)=O)sc2cc([N+](=O)[O-])ccc21. The first-order valence-corrected chi connectivity index (χ1v) is 10.7. The van der Waals surface area contributed by atoms with Crippen molar-refractivity contribution in [3.8, 4) is 12.3 Å². The maximum atomic E-state index is 12.6. The molecular formula is C16H16N4O5S2. The molecule has 1 unspecified atom stereocenters. The molecule has 0 aliphatic carbocycles. The van der Waals surface area contributed by atoms with Crippen LogP contribution in [0.5, 0.6) is 0 Å². The minimum absolute atomic E-state index is 0.0754. The van der Waals surface area contributed by atoms with Gasteiger partial charge in [-0.15, -0.1) is 6.42 Å². The number of sulfonamides is 1. The van der Waals surface area contributed by atoms with E-state index in [1.54, 1.807) is 10.6 Å². The minimum Gasteiger partial charge on any atom is -0.305 e. The second-order valence-electron chi connectivity index (χ2n) is 6.07. The van der Waals surface area contributed by atoms with Gasteiger partial charge in [-0.05, 0) is 18.9 Å². The van der Waals surface area contributed by atoms with E-state index in [0.717, 1.165) is 21.9 Å². The van der Waals surface area contributed by atoms with Gasteiger partial charge in [-0.25, -0.2) is 8.42 Å². The molecule has 3 rings (SSSR count). The Kier molecular flexibility index (Phi) is 5.14. The number of amides is 1. The fourth-order valence-electron chi connectivity index (χ4n) is 3.06. The number of non-ortho nitro benzene ring substituents is 1. The molecule has 0 spiro atoms. The lowest BCUT2D eigenvalue weighted by atomic mass is 10.2. The maximum Gasteiger partial charge on any atom is 0.270 e. The van der Waals surface area contributed by atoms with E-state index < -0.39 is 26.9 Å². The van der Waals surface area contributed by atoms with Crippen LogP contribution in [0.1, 0.15) is 12.8 Å². The lowest BCUT2D eigenvalue weighted by Gasteiger charge is -2.18. The van der Waals surface area contributed by atoms with Crippen molar-refractivity contribution in [1.29, 1.82) is 0 Å². The smallest absolute Gasteiger partial charge is 0.270 e. The molecule has 0 radical (unpaired) electrons. The Bertz CT molecular complexity index is 1140. The molecule has 1 aromatic carbocycles. The number of rotatable bonds is 4. The summed E-state index contributed by atoms with van der Waals surface area (Å²) < 4.78 is 27.0. The lowest BCUT2D eigenvalue weighted by Crippen LogP contribution is -2.39. The number of nitro groups is 1. The van der Waals surface area contributed by atoms with Gasteiger partial charge in [0, 0.05) is 18.7 Å². The first kappa shape index (κ1) is 19.2. The number of terminal acetylenes is 1. The summed E-state index contributed by atoms with van der Waals surface area (Å²) in [6, 6.07) is 3.48. The summed E-state index contributed by atoms with van der Waals surface area (Å²) in [5, 5.41) is 11.0. The Labute approximate surface area is 159 Å². The largest absolute Gasteiger partial charge is 0.305 e. The van der Waals surface area contributed by atoms with Crippen molar-refractivity contribution >= 4 is 43.2 Å². The number of nitrogens with zero attached hydrogens (tertiary/aromatic N) is 4. The average molecular weight is 408 g/mol. The molecule has 0 bridgehead atoms. The maximum absolute atomic E-state index is 12.6. The van der Waals surface area contributed by atoms with Crippen LogP contribution < -0.4 is 4.80 Å². The highest BCUT2D eigenvalue weighted by atomic mass is 32.2. The number of benzene rings is 1. The van der Waals surface area contributed by atoms with Crippen LogP contribution >= 0.6 is 11.3 Å². The van der Waals surface area contributed by atoms with Crippen LogP contribution in [0.15, 0.2) is 23.2 Å². The minimum atomic E-state index is -3.51. The molecule has 142 valence electrons. The number of hydrogen-bond acceptors (Lipinski definition) is 6. The highest BCUT2D eigenvalue weighted by Crippen LogP contribution is 2.24. The molecule has 1 amide bonds. The molecule has 1 aromatic heterocycles. The predicted molar refractivity (Wildman–Crippen MR) is 100 cm³/mol. The van der Waals surface area contributed by atoms with Gasteiger partial charge >= 0.3 is 0 Å². The zero-order valence-corrected chi connectivity index (χ0v) is 16.0. The van der Waals surface area contributed by atoms with Gasteiger partial charge in [-0.3, -0.25) is 14.9 Å². The summed E-state index contributed by atoms with van der Waals surface area (Å²) in [5.74, 6) is 1.91. The third-order valence-corrected chi connectivity index (χ3v) is 6.58. The molecule has 1 saturated heterocycles. The number of aromatic nitrogens is 1. The number of carbonyl (C=O) groups excluding carboxylic acids is 1. The molecule has 27 heavy (non-hydrogen) atoms. The quantitative estimate of drug-likeness (QED) is 0.427. The summed E-state index contributed by atoms with van der Waals surface area (Å²) in [4.78, 5) is 27.5. The zero-order valence-electron chi connectivity index (χ0n) is 14.4. The predicted octanol–water partition coefficient (Wildman–Crippen LogP) is 1.10. The van der Waals surface area contributed by atoms with Gasteiger partial charge in [0.05, 0.1) is 27.9 Å². The Hall–Kier alpha value is -2.55. The summed E-state index contributed by atoms with van der Waals surface area (Å²) in [5.41, 5.74) is 0.551. The molecule has 1 fully saturated rings. The van der Waals surface area contributed by atoms with E-state index in [9.17, 15) is 23.3 Å². The number of hydrogen-bond donors (Lipinski definition) is 0. The number of fused-ring (bicyclic) bond motifs is 1. The number of thiazole rings is 1. The number of carbonyl (C=O) groups is 1. The molecule has 2 heterocycles. The van der Waals surface area contributed by atoms with Gasteiger partial charge < -0.3 is 4.57 Å². The Morgan fingerprint density at radius 1 is 1.52 bits per heavy atom. The fourth-order valence-corrected chi connectivity index (χ4v) is 5.24. The standard InChI is InChI=1S/C16H16N4O5S2/c1-3-8-18-12-7-6-11(20(22)23)10-14(12)26-16(18)17-15(21)13-5-4-9-19(13)27(2,24)25/h1,6-7,10,13H,4-5,8-9H2,2H3. The van der Waals surface area contributed by atoms with E-state index in [-0.39, 0.29) is 23.6 Å². The monoisotopic (exact) mass is 408 g/mol. The van der Waals surface area contributed by atoms with Crippen LogP contribution in [0.2, 0.25) is 0 Å². The van der Waals surface area contributed by atoms with Gasteiger partial charge in [-0.1, -0.05) is 17.3 Å². The Morgan fingerprint density at radius 3 is 2.89 bits per heavy atom. The van der Waals surface area contributed by atoms with Gasteiger partial charge in [0.15, 0.2) is 4.80 Å². The molecule has 0 saturated carbocycles. The highest BCUT2D eigenvalue weighted by molar-refractivity contribution is 7.88. The van der Waals surface area contributed by atoms with Crippen molar-refractivity contribution in [1.82, 2.24) is 8.87 Å². The molecule has 1 aliphatic heterocycles. The summed E-state index contributed by atoms with van der Waals surface area (Å²) >= 11 is 1.10. The second kappa shape index (κ2) is 7.22. The van der Waals surface area contributed by atoms with Crippen LogP contribution in [0.3, 0.4) is 0 Å². The summed E-state index contributed by atoms with van der Waals surface area (Å²) in [7, 11) is -3.51. The topological polar surface area (TPSA) is 115 Å². The third-order valence-electron chi connectivity index (χ3n) is 4.25. The lowest BCUT2D eigenvalue weighted by molar-refractivity contribution is -0.384. The van der Waals surface area contributed by atoms with Crippen molar-refractivity contribution in [2.75, 3.05) is 12.8 Å². The van der Waals surface area contributed by atoms with E-state index in [1.807, 2.05) is 0 Å². The van der Waals surface area contributed by atoms with E-state index in [4.69, 9.17) is 6.42 Å². The van der Waals surface area contributed by atoms with Crippen molar-refractivity contribution in [2.24, 2.45) is 4.99 Å². The normalized spacial score (nSPS) is 18.7. The molecule has 0 N–H and O–H groups in total. The number of nitro benzene ring substituents is 1.